The Balaban J connectivity index is 2.07. The molecule has 0 saturated carbocycles. The summed E-state index contributed by atoms with van der Waals surface area (Å²) in [4.78, 5) is 14.0. The number of urea groups is 1. The van der Waals surface area contributed by atoms with Gasteiger partial charge in [-0.3, -0.25) is 0 Å². The molecule has 1 saturated heterocycles. The fraction of sp³-hybridized carbons (Fsp3) is 0.471. The summed E-state index contributed by atoms with van der Waals surface area (Å²) in [6.07, 6.45) is 6.40. The maximum atomic E-state index is 13.4. The van der Waals surface area contributed by atoms with Gasteiger partial charge in [-0.1, -0.05) is 5.92 Å². The van der Waals surface area contributed by atoms with Crippen LogP contribution in [0.1, 0.15) is 19.8 Å². The highest BCUT2D eigenvalue weighted by Crippen LogP contribution is 2.27. The number of halogens is 1. The Morgan fingerprint density at radius 1 is 1.65 bits per heavy atom. The predicted octanol–water partition coefficient (Wildman–Crippen LogP) is 2.46. The minimum Gasteiger partial charge on any atom is -0.479 e. The lowest BCUT2D eigenvalue weighted by atomic mass is 9.94. The Hall–Kier alpha value is -2.26. The molecule has 23 heavy (non-hydrogen) atoms. The van der Waals surface area contributed by atoms with Crippen molar-refractivity contribution in [1.29, 1.82) is 0 Å². The smallest absolute Gasteiger partial charge is 0.321 e. The summed E-state index contributed by atoms with van der Waals surface area (Å²) < 4.78 is 18.7. The van der Waals surface area contributed by atoms with E-state index in [9.17, 15) is 14.3 Å². The molecule has 6 heteroatoms. The Kier molecular flexibility index (Phi) is 5.83. The SMILES string of the molecule is C#CCOc1ccc(F)cc1NC(=O)N1CCCC(C(C)O)C1. The van der Waals surface area contributed by atoms with Crippen LogP contribution in [0.25, 0.3) is 0 Å². The zero-order chi connectivity index (χ0) is 16.8. The number of terminal acetylenes is 1. The minimum atomic E-state index is -0.478. The monoisotopic (exact) mass is 320 g/mol. The predicted molar refractivity (Wildman–Crippen MR) is 85.7 cm³/mol. The lowest BCUT2D eigenvalue weighted by Gasteiger charge is -2.34. The third-order valence-corrected chi connectivity index (χ3v) is 3.92. The van der Waals surface area contributed by atoms with Crippen molar-refractivity contribution in [1.82, 2.24) is 4.90 Å². The Bertz CT molecular complexity index is 598. The zero-order valence-corrected chi connectivity index (χ0v) is 13.1. The van der Waals surface area contributed by atoms with E-state index >= 15 is 0 Å². The van der Waals surface area contributed by atoms with E-state index in [2.05, 4.69) is 11.2 Å². The second kappa shape index (κ2) is 7.84. The zero-order valence-electron chi connectivity index (χ0n) is 13.1. The first-order valence-electron chi connectivity index (χ1n) is 7.61. The van der Waals surface area contributed by atoms with Gasteiger partial charge in [-0.15, -0.1) is 6.42 Å². The van der Waals surface area contributed by atoms with Crippen LogP contribution < -0.4 is 10.1 Å². The summed E-state index contributed by atoms with van der Waals surface area (Å²) in [6.45, 7) is 2.83. The van der Waals surface area contributed by atoms with E-state index in [1.807, 2.05) is 0 Å². The van der Waals surface area contributed by atoms with Crippen LogP contribution in [0.3, 0.4) is 0 Å². The van der Waals surface area contributed by atoms with Crippen LogP contribution in [-0.2, 0) is 0 Å². The number of nitrogens with one attached hydrogen (secondary N) is 1. The number of aliphatic hydroxyl groups excluding tert-OH is 1. The molecule has 2 amide bonds. The number of rotatable bonds is 4. The number of benzene rings is 1. The standard InChI is InChI=1S/C17H21FN2O3/c1-3-9-23-16-7-6-14(18)10-15(16)19-17(22)20-8-4-5-13(11-20)12(2)21/h1,6-7,10,12-13,21H,4-5,8-9,11H2,2H3,(H,19,22). The van der Waals surface area contributed by atoms with E-state index in [0.29, 0.717) is 18.8 Å². The molecule has 1 aromatic carbocycles. The van der Waals surface area contributed by atoms with E-state index in [-0.39, 0.29) is 24.2 Å². The van der Waals surface area contributed by atoms with Gasteiger partial charge in [0, 0.05) is 25.1 Å². The third-order valence-electron chi connectivity index (χ3n) is 3.92. The molecule has 1 aliphatic heterocycles. The van der Waals surface area contributed by atoms with Gasteiger partial charge in [0.25, 0.3) is 0 Å². The van der Waals surface area contributed by atoms with Crippen molar-refractivity contribution >= 4 is 11.7 Å². The van der Waals surface area contributed by atoms with Crippen LogP contribution in [0.5, 0.6) is 5.75 Å². The van der Waals surface area contributed by atoms with Crippen molar-refractivity contribution in [3.8, 4) is 18.1 Å². The molecule has 2 rings (SSSR count). The van der Waals surface area contributed by atoms with E-state index in [4.69, 9.17) is 11.2 Å². The van der Waals surface area contributed by atoms with E-state index < -0.39 is 11.9 Å². The largest absolute Gasteiger partial charge is 0.479 e. The number of hydrogen-bond donors (Lipinski definition) is 2. The first-order valence-corrected chi connectivity index (χ1v) is 7.61. The summed E-state index contributed by atoms with van der Waals surface area (Å²) in [5.41, 5.74) is 0.240. The molecule has 5 nitrogen and oxygen atoms in total. The number of nitrogens with zero attached hydrogens (tertiary/aromatic N) is 1. The van der Waals surface area contributed by atoms with Crippen LogP contribution in [0.15, 0.2) is 18.2 Å². The van der Waals surface area contributed by atoms with E-state index in [1.165, 1.54) is 18.2 Å². The first kappa shape index (κ1) is 17.1. The highest BCUT2D eigenvalue weighted by molar-refractivity contribution is 5.91. The molecule has 2 atom stereocenters. The summed E-state index contributed by atoms with van der Waals surface area (Å²) in [7, 11) is 0. The topological polar surface area (TPSA) is 61.8 Å². The van der Waals surface area contributed by atoms with Gasteiger partial charge >= 0.3 is 6.03 Å². The van der Waals surface area contributed by atoms with Gasteiger partial charge in [0.15, 0.2) is 0 Å². The number of piperidine rings is 1. The molecule has 124 valence electrons. The molecule has 0 bridgehead atoms. The minimum absolute atomic E-state index is 0.0301. The molecule has 0 aromatic heterocycles. The number of amides is 2. The van der Waals surface area contributed by atoms with Gasteiger partial charge in [-0.05, 0) is 31.9 Å². The summed E-state index contributed by atoms with van der Waals surface area (Å²) >= 11 is 0. The Morgan fingerprint density at radius 3 is 3.13 bits per heavy atom. The van der Waals surface area contributed by atoms with Crippen molar-refractivity contribution in [2.45, 2.75) is 25.9 Å². The second-order valence-electron chi connectivity index (χ2n) is 5.65. The maximum Gasteiger partial charge on any atom is 0.321 e. The van der Waals surface area contributed by atoms with Gasteiger partial charge in [-0.25, -0.2) is 9.18 Å². The molecular formula is C17H21FN2O3. The Labute approximate surface area is 135 Å². The number of aliphatic hydroxyl groups is 1. The molecule has 2 N–H and O–H groups in total. The fourth-order valence-electron chi connectivity index (χ4n) is 2.63. The number of hydrogen-bond acceptors (Lipinski definition) is 3. The summed E-state index contributed by atoms with van der Waals surface area (Å²) in [5, 5.41) is 12.4. The molecule has 1 aromatic rings. The van der Waals surface area contributed by atoms with Crippen LogP contribution in [-0.4, -0.2) is 41.8 Å². The summed E-state index contributed by atoms with van der Waals surface area (Å²) in [5.74, 6) is 2.22. The quantitative estimate of drug-likeness (QED) is 0.838. The van der Waals surface area contributed by atoms with Crippen LogP contribution >= 0.6 is 0 Å². The molecule has 0 radical (unpaired) electrons. The average Bonchev–Trinajstić information content (AvgIpc) is 2.54. The number of ether oxygens (including phenoxy) is 1. The van der Waals surface area contributed by atoms with Crippen molar-refractivity contribution in [2.24, 2.45) is 5.92 Å². The number of anilines is 1. The maximum absolute atomic E-state index is 13.4. The number of likely N-dealkylation sites (tertiary alicyclic amines) is 1. The fourth-order valence-corrected chi connectivity index (χ4v) is 2.63. The summed E-state index contributed by atoms with van der Waals surface area (Å²) in [6, 6.07) is 3.52. The van der Waals surface area contributed by atoms with Gasteiger partial charge in [-0.2, -0.15) is 0 Å². The highest BCUT2D eigenvalue weighted by atomic mass is 19.1. The van der Waals surface area contributed by atoms with Crippen LogP contribution in [0, 0.1) is 24.1 Å². The average molecular weight is 320 g/mol. The molecule has 1 heterocycles. The lowest BCUT2D eigenvalue weighted by molar-refractivity contribution is 0.0766. The van der Waals surface area contributed by atoms with Crippen molar-refractivity contribution < 1.29 is 19.0 Å². The second-order valence-corrected chi connectivity index (χ2v) is 5.65. The van der Waals surface area contributed by atoms with E-state index in [0.717, 1.165) is 12.8 Å². The van der Waals surface area contributed by atoms with Gasteiger partial charge in [0.2, 0.25) is 0 Å². The molecule has 1 aliphatic rings. The van der Waals surface area contributed by atoms with Crippen LogP contribution in [0.2, 0.25) is 0 Å². The molecule has 0 aliphatic carbocycles. The third kappa shape index (κ3) is 4.60. The molecular weight excluding hydrogens is 299 g/mol. The number of carbonyl (C=O) groups excluding carboxylic acids is 1. The Morgan fingerprint density at radius 2 is 2.43 bits per heavy atom. The number of carbonyl (C=O) groups is 1. The van der Waals surface area contributed by atoms with Crippen LogP contribution in [0.4, 0.5) is 14.9 Å². The molecule has 0 spiro atoms. The molecule has 2 unspecified atom stereocenters. The van der Waals surface area contributed by atoms with E-state index in [1.54, 1.807) is 11.8 Å². The molecule has 1 fully saturated rings. The normalized spacial score (nSPS) is 18.9. The van der Waals surface area contributed by atoms with Gasteiger partial charge < -0.3 is 20.1 Å². The van der Waals surface area contributed by atoms with Crippen molar-refractivity contribution in [3.05, 3.63) is 24.0 Å². The van der Waals surface area contributed by atoms with Gasteiger partial charge in [0.1, 0.15) is 18.2 Å². The van der Waals surface area contributed by atoms with Crippen molar-refractivity contribution in [3.63, 3.8) is 0 Å². The lowest BCUT2D eigenvalue weighted by Crippen LogP contribution is -2.44. The van der Waals surface area contributed by atoms with Gasteiger partial charge in [0.05, 0.1) is 11.8 Å². The first-order chi connectivity index (χ1) is 11.0. The van der Waals surface area contributed by atoms with Crippen molar-refractivity contribution in [2.75, 3.05) is 25.0 Å². The highest BCUT2D eigenvalue weighted by Gasteiger charge is 2.26.